The molecular formula is C13H23F3N2S. The van der Waals surface area contributed by atoms with Crippen LogP contribution in [0.1, 0.15) is 32.1 Å². The monoisotopic (exact) mass is 296 g/mol. The Morgan fingerprint density at radius 2 is 1.89 bits per heavy atom. The fourth-order valence-electron chi connectivity index (χ4n) is 3.19. The van der Waals surface area contributed by atoms with Crippen LogP contribution >= 0.6 is 11.8 Å². The molecule has 0 amide bonds. The highest BCUT2D eigenvalue weighted by Crippen LogP contribution is 2.30. The van der Waals surface area contributed by atoms with Crippen molar-refractivity contribution in [2.45, 2.75) is 43.7 Å². The molecule has 6 heteroatoms. The minimum absolute atomic E-state index is 0.102. The Kier molecular flexibility index (Phi) is 5.84. The Labute approximate surface area is 117 Å². The summed E-state index contributed by atoms with van der Waals surface area (Å²) in [4.78, 5) is 2.19. The van der Waals surface area contributed by atoms with Crippen LogP contribution < -0.4 is 5.32 Å². The Hall–Kier alpha value is 0.0600. The van der Waals surface area contributed by atoms with Gasteiger partial charge in [0, 0.05) is 38.0 Å². The van der Waals surface area contributed by atoms with E-state index in [-0.39, 0.29) is 17.5 Å². The Morgan fingerprint density at radius 1 is 1.16 bits per heavy atom. The van der Waals surface area contributed by atoms with E-state index in [1.807, 2.05) is 0 Å². The van der Waals surface area contributed by atoms with Crippen LogP contribution in [-0.2, 0) is 0 Å². The van der Waals surface area contributed by atoms with E-state index in [0.29, 0.717) is 12.6 Å². The van der Waals surface area contributed by atoms with Gasteiger partial charge in [-0.05, 0) is 30.5 Å². The maximum atomic E-state index is 12.1. The van der Waals surface area contributed by atoms with Crippen molar-refractivity contribution in [3.05, 3.63) is 0 Å². The SMILES string of the molecule is FC(F)(F)SCCN1CCNC(C2CCCCC2)C1. The van der Waals surface area contributed by atoms with Crippen molar-refractivity contribution in [1.29, 1.82) is 0 Å². The first-order valence-electron chi connectivity index (χ1n) is 7.21. The molecule has 1 unspecified atom stereocenters. The lowest BCUT2D eigenvalue weighted by molar-refractivity contribution is -0.0329. The number of alkyl halides is 3. The number of halogens is 3. The van der Waals surface area contributed by atoms with Crippen LogP contribution in [0.2, 0.25) is 0 Å². The third-order valence-electron chi connectivity index (χ3n) is 4.18. The molecule has 1 N–H and O–H groups in total. The van der Waals surface area contributed by atoms with Gasteiger partial charge in [-0.2, -0.15) is 13.2 Å². The highest BCUT2D eigenvalue weighted by Gasteiger charge is 2.30. The third-order valence-corrected chi connectivity index (χ3v) is 4.90. The van der Waals surface area contributed by atoms with E-state index < -0.39 is 5.51 Å². The maximum Gasteiger partial charge on any atom is 0.441 e. The molecule has 1 atom stereocenters. The van der Waals surface area contributed by atoms with E-state index >= 15 is 0 Å². The second kappa shape index (κ2) is 7.18. The summed E-state index contributed by atoms with van der Waals surface area (Å²) < 4.78 is 36.3. The van der Waals surface area contributed by atoms with Gasteiger partial charge in [0.15, 0.2) is 0 Å². The normalized spacial score (nSPS) is 27.6. The van der Waals surface area contributed by atoms with Crippen LogP contribution in [0.15, 0.2) is 0 Å². The van der Waals surface area contributed by atoms with Crippen LogP contribution in [0.25, 0.3) is 0 Å². The summed E-state index contributed by atoms with van der Waals surface area (Å²) in [7, 11) is 0. The second-order valence-corrected chi connectivity index (χ2v) is 6.71. The molecule has 19 heavy (non-hydrogen) atoms. The lowest BCUT2D eigenvalue weighted by Crippen LogP contribution is -2.54. The second-order valence-electron chi connectivity index (χ2n) is 5.55. The topological polar surface area (TPSA) is 15.3 Å². The van der Waals surface area contributed by atoms with Gasteiger partial charge in [-0.25, -0.2) is 0 Å². The fraction of sp³-hybridized carbons (Fsp3) is 1.00. The number of piperazine rings is 1. The van der Waals surface area contributed by atoms with Crippen molar-refractivity contribution in [2.75, 3.05) is 31.9 Å². The van der Waals surface area contributed by atoms with Crippen molar-refractivity contribution in [2.24, 2.45) is 5.92 Å². The zero-order valence-corrected chi connectivity index (χ0v) is 12.0. The van der Waals surface area contributed by atoms with Gasteiger partial charge in [-0.3, -0.25) is 4.90 Å². The number of rotatable bonds is 4. The van der Waals surface area contributed by atoms with Gasteiger partial charge in [-0.15, -0.1) is 0 Å². The molecule has 0 aromatic carbocycles. The van der Waals surface area contributed by atoms with Gasteiger partial charge >= 0.3 is 5.51 Å². The summed E-state index contributed by atoms with van der Waals surface area (Å²) >= 11 is 0.102. The Morgan fingerprint density at radius 3 is 2.58 bits per heavy atom. The molecule has 0 bridgehead atoms. The summed E-state index contributed by atoms with van der Waals surface area (Å²) in [5.74, 6) is 0.882. The quantitative estimate of drug-likeness (QED) is 0.858. The number of thioether (sulfide) groups is 1. The number of hydrogen-bond donors (Lipinski definition) is 1. The van der Waals surface area contributed by atoms with Crippen LogP contribution in [0.5, 0.6) is 0 Å². The highest BCUT2D eigenvalue weighted by molar-refractivity contribution is 8.00. The summed E-state index contributed by atoms with van der Waals surface area (Å²) in [6.45, 7) is 3.26. The summed E-state index contributed by atoms with van der Waals surface area (Å²) in [5, 5.41) is 3.55. The molecule has 1 aliphatic heterocycles. The largest absolute Gasteiger partial charge is 0.441 e. The fourth-order valence-corrected chi connectivity index (χ4v) is 3.77. The van der Waals surface area contributed by atoms with Crippen molar-refractivity contribution in [1.82, 2.24) is 10.2 Å². The van der Waals surface area contributed by atoms with Gasteiger partial charge < -0.3 is 5.32 Å². The van der Waals surface area contributed by atoms with Gasteiger partial charge in [0.25, 0.3) is 0 Å². The molecule has 2 aliphatic rings. The van der Waals surface area contributed by atoms with Gasteiger partial charge in [0.2, 0.25) is 0 Å². The van der Waals surface area contributed by atoms with Crippen molar-refractivity contribution >= 4 is 11.8 Å². The van der Waals surface area contributed by atoms with E-state index in [9.17, 15) is 13.2 Å². The number of nitrogens with zero attached hydrogens (tertiary/aromatic N) is 1. The zero-order valence-electron chi connectivity index (χ0n) is 11.2. The predicted octanol–water partition coefficient (Wildman–Crippen LogP) is 3.09. The van der Waals surface area contributed by atoms with Crippen LogP contribution in [-0.4, -0.2) is 48.4 Å². The van der Waals surface area contributed by atoms with Gasteiger partial charge in [-0.1, -0.05) is 19.3 Å². The van der Waals surface area contributed by atoms with E-state index in [2.05, 4.69) is 10.2 Å². The molecule has 2 fully saturated rings. The highest BCUT2D eigenvalue weighted by atomic mass is 32.2. The molecule has 1 aliphatic carbocycles. The van der Waals surface area contributed by atoms with Gasteiger partial charge in [0.05, 0.1) is 0 Å². The third kappa shape index (κ3) is 5.52. The van der Waals surface area contributed by atoms with Crippen molar-refractivity contribution < 1.29 is 13.2 Å². The molecule has 0 radical (unpaired) electrons. The summed E-state index contributed by atoms with van der Waals surface area (Å²) in [5.41, 5.74) is -4.09. The lowest BCUT2D eigenvalue weighted by atomic mass is 9.83. The average molecular weight is 296 g/mol. The Bertz CT molecular complexity index is 267. The molecule has 0 aromatic heterocycles. The van der Waals surface area contributed by atoms with Crippen LogP contribution in [0.3, 0.4) is 0 Å². The van der Waals surface area contributed by atoms with E-state index in [4.69, 9.17) is 0 Å². The molecule has 1 heterocycles. The van der Waals surface area contributed by atoms with Crippen LogP contribution in [0, 0.1) is 5.92 Å². The molecular weight excluding hydrogens is 273 g/mol. The first-order chi connectivity index (χ1) is 9.04. The van der Waals surface area contributed by atoms with Crippen molar-refractivity contribution in [3.63, 3.8) is 0 Å². The minimum atomic E-state index is -4.09. The zero-order chi connectivity index (χ0) is 13.7. The van der Waals surface area contributed by atoms with E-state index in [0.717, 1.165) is 25.6 Å². The van der Waals surface area contributed by atoms with E-state index in [1.165, 1.54) is 32.1 Å². The van der Waals surface area contributed by atoms with Crippen molar-refractivity contribution in [3.8, 4) is 0 Å². The first-order valence-corrected chi connectivity index (χ1v) is 8.19. The summed E-state index contributed by atoms with van der Waals surface area (Å²) in [6.07, 6.45) is 6.53. The molecule has 112 valence electrons. The predicted molar refractivity (Wildman–Crippen MR) is 73.3 cm³/mol. The first kappa shape index (κ1) is 15.4. The lowest BCUT2D eigenvalue weighted by Gasteiger charge is -2.39. The molecule has 2 nitrogen and oxygen atoms in total. The minimum Gasteiger partial charge on any atom is -0.311 e. The van der Waals surface area contributed by atoms with E-state index in [1.54, 1.807) is 0 Å². The average Bonchev–Trinajstić information content (AvgIpc) is 2.39. The number of hydrogen-bond acceptors (Lipinski definition) is 3. The molecule has 2 rings (SSSR count). The number of nitrogens with one attached hydrogen (secondary N) is 1. The molecule has 0 spiro atoms. The van der Waals surface area contributed by atoms with Crippen LogP contribution in [0.4, 0.5) is 13.2 Å². The molecule has 0 aromatic rings. The Balaban J connectivity index is 1.70. The molecule has 1 saturated carbocycles. The maximum absolute atomic E-state index is 12.1. The molecule has 1 saturated heterocycles. The van der Waals surface area contributed by atoms with Gasteiger partial charge in [0.1, 0.15) is 0 Å². The summed E-state index contributed by atoms with van der Waals surface area (Å²) in [6, 6.07) is 0.491. The smallest absolute Gasteiger partial charge is 0.311 e. The standard InChI is InChI=1S/C13H23F3N2S/c14-13(15,16)19-9-8-18-7-6-17-12(10-18)11-4-2-1-3-5-11/h11-12,17H,1-10H2.